The van der Waals surface area contributed by atoms with E-state index in [1.807, 2.05) is 44.2 Å². The van der Waals surface area contributed by atoms with Crippen molar-refractivity contribution in [3.63, 3.8) is 0 Å². The summed E-state index contributed by atoms with van der Waals surface area (Å²) in [5.41, 5.74) is 1.30. The lowest BCUT2D eigenvalue weighted by atomic mass is 9.74. The lowest BCUT2D eigenvalue weighted by molar-refractivity contribution is -0.142. The first-order chi connectivity index (χ1) is 11.4. The molecule has 1 aliphatic heterocycles. The van der Waals surface area contributed by atoms with E-state index in [0.717, 1.165) is 18.3 Å². The van der Waals surface area contributed by atoms with Crippen molar-refractivity contribution in [2.24, 2.45) is 11.3 Å². The molecule has 0 radical (unpaired) electrons. The van der Waals surface area contributed by atoms with Crippen LogP contribution in [-0.4, -0.2) is 23.0 Å². The van der Waals surface area contributed by atoms with Crippen molar-refractivity contribution in [1.29, 1.82) is 0 Å². The van der Waals surface area contributed by atoms with E-state index < -0.39 is 11.3 Å². The second kappa shape index (κ2) is 7.56. The molecule has 0 saturated carbocycles. The number of rotatable bonds is 7. The van der Waals surface area contributed by atoms with Gasteiger partial charge in [0.05, 0.1) is 12.5 Å². The zero-order valence-corrected chi connectivity index (χ0v) is 14.6. The van der Waals surface area contributed by atoms with Crippen molar-refractivity contribution in [1.82, 2.24) is 4.90 Å². The minimum Gasteiger partial charge on any atom is -0.303 e. The van der Waals surface area contributed by atoms with Gasteiger partial charge in [-0.25, -0.2) is 0 Å². The van der Waals surface area contributed by atoms with Gasteiger partial charge in [0.25, 0.3) is 0 Å². The van der Waals surface area contributed by atoms with Crippen molar-refractivity contribution < 1.29 is 14.4 Å². The summed E-state index contributed by atoms with van der Waals surface area (Å²) in [4.78, 5) is 38.1. The van der Waals surface area contributed by atoms with E-state index in [2.05, 4.69) is 6.08 Å². The van der Waals surface area contributed by atoms with Crippen molar-refractivity contribution in [2.75, 3.05) is 0 Å². The minimum absolute atomic E-state index is 0.121. The minimum atomic E-state index is -0.801. The van der Waals surface area contributed by atoms with Crippen LogP contribution in [0.25, 0.3) is 0 Å². The summed E-state index contributed by atoms with van der Waals surface area (Å²) in [6, 6.07) is 9.44. The van der Waals surface area contributed by atoms with E-state index >= 15 is 0 Å². The van der Waals surface area contributed by atoms with Crippen molar-refractivity contribution >= 4 is 18.1 Å². The van der Waals surface area contributed by atoms with Gasteiger partial charge in [-0.2, -0.15) is 0 Å². The zero-order valence-electron chi connectivity index (χ0n) is 14.6. The summed E-state index contributed by atoms with van der Waals surface area (Å²) in [6.07, 6.45) is 4.34. The first-order valence-electron chi connectivity index (χ1n) is 8.35. The van der Waals surface area contributed by atoms with Gasteiger partial charge in [0.2, 0.25) is 11.8 Å². The molecule has 4 heteroatoms. The molecule has 1 saturated heterocycles. The highest BCUT2D eigenvalue weighted by Crippen LogP contribution is 2.39. The number of likely N-dealkylation sites (tertiary alicyclic amines) is 1. The van der Waals surface area contributed by atoms with Gasteiger partial charge in [-0.3, -0.25) is 14.5 Å². The fourth-order valence-corrected chi connectivity index (χ4v) is 3.12. The van der Waals surface area contributed by atoms with Crippen LogP contribution in [0.2, 0.25) is 0 Å². The molecule has 1 fully saturated rings. The highest BCUT2D eigenvalue weighted by atomic mass is 16.2. The lowest BCUT2D eigenvalue weighted by Gasteiger charge is -2.28. The molecule has 0 aliphatic carbocycles. The molecule has 0 aromatic heterocycles. The van der Waals surface area contributed by atoms with Crippen LogP contribution in [0.1, 0.15) is 45.6 Å². The molecule has 2 rings (SSSR count). The maximum atomic E-state index is 12.8. The van der Waals surface area contributed by atoms with Gasteiger partial charge in [0, 0.05) is 11.8 Å². The SMILES string of the molecule is CC(C)=CCCC(C)(C=O)[C@H]1CC(=O)N(Cc2ccccc2)C1=O. The highest BCUT2D eigenvalue weighted by molar-refractivity contribution is 6.05. The Morgan fingerprint density at radius 2 is 1.92 bits per heavy atom. The number of hydrogen-bond acceptors (Lipinski definition) is 3. The predicted octanol–water partition coefficient (Wildman–Crippen LogP) is 3.51. The molecule has 2 amide bonds. The van der Waals surface area contributed by atoms with E-state index in [1.54, 1.807) is 6.92 Å². The number of amides is 2. The van der Waals surface area contributed by atoms with Gasteiger partial charge in [-0.05, 0) is 32.3 Å². The molecule has 128 valence electrons. The second-order valence-corrected chi connectivity index (χ2v) is 7.00. The van der Waals surface area contributed by atoms with E-state index in [4.69, 9.17) is 0 Å². The van der Waals surface area contributed by atoms with Gasteiger partial charge in [0.15, 0.2) is 0 Å². The number of nitrogens with zero attached hydrogens (tertiary/aromatic N) is 1. The molecule has 0 spiro atoms. The predicted molar refractivity (Wildman–Crippen MR) is 92.9 cm³/mol. The molecule has 1 aliphatic rings. The first-order valence-corrected chi connectivity index (χ1v) is 8.35. The normalized spacial score (nSPS) is 20.0. The summed E-state index contributed by atoms with van der Waals surface area (Å²) in [5.74, 6) is -0.975. The van der Waals surface area contributed by atoms with Crippen LogP contribution in [0.4, 0.5) is 0 Å². The fraction of sp³-hybridized carbons (Fsp3) is 0.450. The smallest absolute Gasteiger partial charge is 0.234 e. The summed E-state index contributed by atoms with van der Waals surface area (Å²) < 4.78 is 0. The Kier molecular flexibility index (Phi) is 5.71. The Bertz CT molecular complexity index is 646. The molecular formula is C20H25NO3. The second-order valence-electron chi connectivity index (χ2n) is 7.00. The van der Waals surface area contributed by atoms with Crippen molar-refractivity contribution in [3.8, 4) is 0 Å². The van der Waals surface area contributed by atoms with E-state index in [1.165, 1.54) is 10.5 Å². The molecule has 0 N–H and O–H groups in total. The monoisotopic (exact) mass is 327 g/mol. The first kappa shape index (κ1) is 18.1. The highest BCUT2D eigenvalue weighted by Gasteiger charge is 2.48. The number of aldehydes is 1. The maximum Gasteiger partial charge on any atom is 0.234 e. The van der Waals surface area contributed by atoms with Crippen LogP contribution in [0.3, 0.4) is 0 Å². The van der Waals surface area contributed by atoms with E-state index in [9.17, 15) is 14.4 Å². The van der Waals surface area contributed by atoms with Crippen LogP contribution in [0.15, 0.2) is 42.0 Å². The molecule has 1 unspecified atom stereocenters. The molecule has 24 heavy (non-hydrogen) atoms. The average Bonchev–Trinajstić information content (AvgIpc) is 2.84. The Hall–Kier alpha value is -2.23. The van der Waals surface area contributed by atoms with E-state index in [-0.39, 0.29) is 24.8 Å². The number of imide groups is 1. The Labute approximate surface area is 143 Å². The third-order valence-electron chi connectivity index (χ3n) is 4.73. The van der Waals surface area contributed by atoms with Gasteiger partial charge < -0.3 is 4.79 Å². The number of allylic oxidation sites excluding steroid dienone is 2. The molecule has 1 aromatic rings. The summed E-state index contributed by atoms with van der Waals surface area (Å²) in [5, 5.41) is 0. The van der Waals surface area contributed by atoms with Gasteiger partial charge in [-0.1, -0.05) is 48.9 Å². The average molecular weight is 327 g/mol. The third kappa shape index (κ3) is 3.99. The van der Waals surface area contributed by atoms with Crippen molar-refractivity contribution in [2.45, 2.75) is 46.6 Å². The zero-order chi connectivity index (χ0) is 17.7. The van der Waals surface area contributed by atoms with Gasteiger partial charge in [-0.15, -0.1) is 0 Å². The molecule has 4 nitrogen and oxygen atoms in total. The number of benzene rings is 1. The van der Waals surface area contributed by atoms with Crippen LogP contribution in [-0.2, 0) is 20.9 Å². The number of carbonyl (C=O) groups excluding carboxylic acids is 3. The Balaban J connectivity index is 2.13. The largest absolute Gasteiger partial charge is 0.303 e. The topological polar surface area (TPSA) is 54.5 Å². The molecule has 2 atom stereocenters. The van der Waals surface area contributed by atoms with E-state index in [0.29, 0.717) is 6.42 Å². The fourth-order valence-electron chi connectivity index (χ4n) is 3.12. The van der Waals surface area contributed by atoms with Crippen LogP contribution >= 0.6 is 0 Å². The van der Waals surface area contributed by atoms with Crippen LogP contribution in [0.5, 0.6) is 0 Å². The van der Waals surface area contributed by atoms with Gasteiger partial charge in [0.1, 0.15) is 6.29 Å². The molecule has 1 aromatic carbocycles. The molecule has 1 heterocycles. The Morgan fingerprint density at radius 1 is 1.25 bits per heavy atom. The molecular weight excluding hydrogens is 302 g/mol. The summed E-state index contributed by atoms with van der Waals surface area (Å²) in [6.45, 7) is 6.08. The maximum absolute atomic E-state index is 12.8. The quantitative estimate of drug-likeness (QED) is 0.437. The number of carbonyl (C=O) groups is 3. The summed E-state index contributed by atoms with van der Waals surface area (Å²) in [7, 11) is 0. The van der Waals surface area contributed by atoms with Crippen LogP contribution < -0.4 is 0 Å². The summed E-state index contributed by atoms with van der Waals surface area (Å²) >= 11 is 0. The van der Waals surface area contributed by atoms with Gasteiger partial charge >= 0.3 is 0 Å². The Morgan fingerprint density at radius 3 is 2.50 bits per heavy atom. The third-order valence-corrected chi connectivity index (χ3v) is 4.73. The lowest BCUT2D eigenvalue weighted by Crippen LogP contribution is -2.37. The van der Waals surface area contributed by atoms with Crippen molar-refractivity contribution in [3.05, 3.63) is 47.5 Å². The standard InChI is InChI=1S/C20H25NO3/c1-15(2)8-7-11-20(3,14-22)17-12-18(23)21(19(17)24)13-16-9-5-4-6-10-16/h4-6,8-10,14,17H,7,11-13H2,1-3H3/t17-,20?/m0/s1. The molecule has 0 bridgehead atoms. The van der Waals surface area contributed by atoms with Crippen LogP contribution in [0, 0.1) is 11.3 Å². The number of hydrogen-bond donors (Lipinski definition) is 0.